The number of thiazole rings is 1. The smallest absolute Gasteiger partial charge is 0.125 e. The van der Waals surface area contributed by atoms with Gasteiger partial charge in [0.25, 0.3) is 0 Å². The molecule has 5 heteroatoms. The van der Waals surface area contributed by atoms with Gasteiger partial charge in [0.15, 0.2) is 0 Å². The van der Waals surface area contributed by atoms with E-state index >= 15 is 0 Å². The Bertz CT molecular complexity index is 772. The number of aryl methyl sites for hydroxylation is 1. The van der Waals surface area contributed by atoms with Gasteiger partial charge >= 0.3 is 0 Å². The van der Waals surface area contributed by atoms with Crippen LogP contribution in [0, 0.1) is 6.92 Å². The zero-order valence-corrected chi connectivity index (χ0v) is 18.4. The maximum absolute atomic E-state index is 11.5. The Morgan fingerprint density at radius 1 is 1.10 bits per heavy atom. The van der Waals surface area contributed by atoms with Crippen LogP contribution in [-0.4, -0.2) is 40.7 Å². The van der Waals surface area contributed by atoms with Crippen LogP contribution in [0.5, 0.6) is 5.75 Å². The Balaban J connectivity index is 1.36. The van der Waals surface area contributed by atoms with Gasteiger partial charge in [-0.05, 0) is 57.7 Å². The molecule has 158 valence electrons. The molecule has 1 saturated heterocycles. The first-order valence-corrected chi connectivity index (χ1v) is 12.1. The van der Waals surface area contributed by atoms with E-state index in [0.717, 1.165) is 61.3 Å². The quantitative estimate of drug-likeness (QED) is 0.716. The first-order valence-electron chi connectivity index (χ1n) is 11.3. The predicted octanol–water partition coefficient (Wildman–Crippen LogP) is 5.08. The van der Waals surface area contributed by atoms with E-state index in [9.17, 15) is 5.11 Å². The number of benzene rings is 1. The molecular formula is C24H34N2O2S. The molecule has 4 rings (SSSR count). The lowest BCUT2D eigenvalue weighted by atomic mass is 9.93. The van der Waals surface area contributed by atoms with Gasteiger partial charge in [-0.1, -0.05) is 37.5 Å². The number of para-hydroxylation sites is 1. The minimum absolute atomic E-state index is 0.639. The van der Waals surface area contributed by atoms with Crippen LogP contribution in [0.4, 0.5) is 0 Å². The van der Waals surface area contributed by atoms with E-state index in [2.05, 4.69) is 11.8 Å². The molecule has 2 aromatic rings. The number of likely N-dealkylation sites (tertiary alicyclic amines) is 1. The number of hydrogen-bond acceptors (Lipinski definition) is 5. The summed E-state index contributed by atoms with van der Waals surface area (Å²) in [7, 11) is 0. The van der Waals surface area contributed by atoms with Crippen LogP contribution in [0.2, 0.25) is 0 Å². The van der Waals surface area contributed by atoms with Crippen molar-refractivity contribution in [2.75, 3.05) is 19.7 Å². The SMILES string of the molecule is Cc1nc([C@]2(O)CCCN(C3CCCCC3)CC2)sc1CCOc1ccccc1. The maximum Gasteiger partial charge on any atom is 0.125 e. The van der Waals surface area contributed by atoms with Crippen molar-refractivity contribution < 1.29 is 9.84 Å². The summed E-state index contributed by atoms with van der Waals surface area (Å²) in [5.74, 6) is 0.903. The Hall–Kier alpha value is -1.43. The van der Waals surface area contributed by atoms with E-state index in [-0.39, 0.29) is 0 Å². The van der Waals surface area contributed by atoms with E-state index in [0.29, 0.717) is 6.61 Å². The Labute approximate surface area is 178 Å². The molecule has 4 nitrogen and oxygen atoms in total. The first-order chi connectivity index (χ1) is 14.1. The van der Waals surface area contributed by atoms with Crippen LogP contribution in [0.25, 0.3) is 0 Å². The van der Waals surface area contributed by atoms with Crippen molar-refractivity contribution in [2.45, 2.75) is 76.4 Å². The van der Waals surface area contributed by atoms with E-state index < -0.39 is 5.60 Å². The third-order valence-corrected chi connectivity index (χ3v) is 7.98. The largest absolute Gasteiger partial charge is 0.493 e. The molecule has 0 spiro atoms. The highest BCUT2D eigenvalue weighted by Crippen LogP contribution is 2.38. The summed E-state index contributed by atoms with van der Waals surface area (Å²) in [5, 5.41) is 12.4. The molecule has 1 saturated carbocycles. The highest BCUT2D eigenvalue weighted by molar-refractivity contribution is 7.11. The van der Waals surface area contributed by atoms with Gasteiger partial charge < -0.3 is 14.7 Å². The van der Waals surface area contributed by atoms with E-state index in [4.69, 9.17) is 9.72 Å². The molecule has 2 aliphatic rings. The lowest BCUT2D eigenvalue weighted by Gasteiger charge is -2.33. The number of nitrogens with zero attached hydrogens (tertiary/aromatic N) is 2. The molecule has 0 amide bonds. The van der Waals surface area contributed by atoms with Crippen molar-refractivity contribution in [1.82, 2.24) is 9.88 Å². The fraction of sp³-hybridized carbons (Fsp3) is 0.625. The van der Waals surface area contributed by atoms with Gasteiger partial charge in [0, 0.05) is 23.9 Å². The zero-order chi connectivity index (χ0) is 20.1. The Morgan fingerprint density at radius 3 is 2.69 bits per heavy atom. The van der Waals surface area contributed by atoms with Crippen molar-refractivity contribution >= 4 is 11.3 Å². The van der Waals surface area contributed by atoms with Crippen LogP contribution in [-0.2, 0) is 12.0 Å². The number of rotatable bonds is 6. The predicted molar refractivity (Wildman–Crippen MR) is 119 cm³/mol. The molecule has 2 heterocycles. The number of ether oxygens (including phenoxy) is 1. The summed E-state index contributed by atoms with van der Waals surface area (Å²) in [5.41, 5.74) is 0.278. The van der Waals surface area contributed by atoms with Crippen LogP contribution in [0.1, 0.15) is 66.9 Å². The topological polar surface area (TPSA) is 45.6 Å². The summed E-state index contributed by atoms with van der Waals surface area (Å²) >= 11 is 1.69. The van der Waals surface area contributed by atoms with Crippen LogP contribution < -0.4 is 4.74 Å². The first kappa shape index (κ1) is 20.8. The second-order valence-corrected chi connectivity index (χ2v) is 9.74. The number of aromatic nitrogens is 1. The van der Waals surface area contributed by atoms with Crippen LogP contribution >= 0.6 is 11.3 Å². The minimum Gasteiger partial charge on any atom is -0.493 e. The molecule has 29 heavy (non-hydrogen) atoms. The van der Waals surface area contributed by atoms with Crippen molar-refractivity contribution in [3.8, 4) is 5.75 Å². The maximum atomic E-state index is 11.5. The van der Waals surface area contributed by atoms with Crippen LogP contribution in [0.15, 0.2) is 30.3 Å². The van der Waals surface area contributed by atoms with Gasteiger partial charge in [-0.15, -0.1) is 11.3 Å². The standard InChI is InChI=1S/C24H34N2O2S/c1-19-22(13-18-28-21-11-6-3-7-12-21)29-23(25-19)24(27)14-8-16-26(17-15-24)20-9-4-2-5-10-20/h3,6-7,11-12,20,27H,2,4-5,8-10,13-18H2,1H3/t24-/m0/s1. The molecule has 1 aliphatic heterocycles. The molecule has 1 aliphatic carbocycles. The molecule has 1 N–H and O–H groups in total. The summed E-state index contributed by atoms with van der Waals surface area (Å²) in [4.78, 5) is 8.68. The average Bonchev–Trinajstić information content (AvgIpc) is 3.01. The highest BCUT2D eigenvalue weighted by Gasteiger charge is 2.36. The molecule has 1 aromatic heterocycles. The van der Waals surface area contributed by atoms with Crippen molar-refractivity contribution in [1.29, 1.82) is 0 Å². The molecule has 0 radical (unpaired) electrons. The summed E-state index contributed by atoms with van der Waals surface area (Å²) in [6.45, 7) is 4.81. The van der Waals surface area contributed by atoms with Gasteiger partial charge in [0.1, 0.15) is 16.4 Å². The van der Waals surface area contributed by atoms with Gasteiger partial charge in [0.05, 0.1) is 12.3 Å². The Kier molecular flexibility index (Phi) is 6.88. The average molecular weight is 415 g/mol. The second-order valence-electron chi connectivity index (χ2n) is 8.65. The summed E-state index contributed by atoms with van der Waals surface area (Å²) < 4.78 is 5.86. The van der Waals surface area contributed by atoms with Crippen molar-refractivity contribution in [2.24, 2.45) is 0 Å². The lowest BCUT2D eigenvalue weighted by Crippen LogP contribution is -2.38. The van der Waals surface area contributed by atoms with Gasteiger partial charge in [-0.25, -0.2) is 4.98 Å². The van der Waals surface area contributed by atoms with E-state index in [1.165, 1.54) is 37.0 Å². The van der Waals surface area contributed by atoms with Crippen molar-refractivity contribution in [3.05, 3.63) is 45.9 Å². The molecule has 1 aromatic carbocycles. The molecule has 0 bridgehead atoms. The van der Waals surface area contributed by atoms with Gasteiger partial charge in [-0.2, -0.15) is 0 Å². The van der Waals surface area contributed by atoms with Crippen LogP contribution in [0.3, 0.4) is 0 Å². The number of aliphatic hydroxyl groups is 1. The molecule has 0 unspecified atom stereocenters. The fourth-order valence-electron chi connectivity index (χ4n) is 4.80. The van der Waals surface area contributed by atoms with E-state index in [1.54, 1.807) is 11.3 Å². The molecular weight excluding hydrogens is 380 g/mol. The van der Waals surface area contributed by atoms with Crippen molar-refractivity contribution in [3.63, 3.8) is 0 Å². The Morgan fingerprint density at radius 2 is 1.90 bits per heavy atom. The zero-order valence-electron chi connectivity index (χ0n) is 17.6. The molecule has 1 atom stereocenters. The third kappa shape index (κ3) is 5.19. The van der Waals surface area contributed by atoms with Gasteiger partial charge in [-0.3, -0.25) is 0 Å². The summed E-state index contributed by atoms with van der Waals surface area (Å²) in [6.07, 6.45) is 10.3. The van der Waals surface area contributed by atoms with Gasteiger partial charge in [0.2, 0.25) is 0 Å². The third-order valence-electron chi connectivity index (χ3n) is 6.57. The van der Waals surface area contributed by atoms with E-state index in [1.807, 2.05) is 30.3 Å². The number of hydrogen-bond donors (Lipinski definition) is 1. The lowest BCUT2D eigenvalue weighted by molar-refractivity contribution is 0.0188. The minimum atomic E-state index is -0.766. The fourth-order valence-corrected chi connectivity index (χ4v) is 5.99. The molecule has 2 fully saturated rings. The summed E-state index contributed by atoms with van der Waals surface area (Å²) in [6, 6.07) is 10.7. The monoisotopic (exact) mass is 414 g/mol. The normalized spacial score (nSPS) is 24.3. The second kappa shape index (κ2) is 9.59. The highest BCUT2D eigenvalue weighted by atomic mass is 32.1.